The lowest BCUT2D eigenvalue weighted by Gasteiger charge is -1.96. The van der Waals surface area contributed by atoms with Gasteiger partial charge in [-0.05, 0) is 12.2 Å². The van der Waals surface area contributed by atoms with Crippen LogP contribution in [0.3, 0.4) is 0 Å². The predicted molar refractivity (Wildman–Crippen MR) is 39.3 cm³/mol. The van der Waals surface area contributed by atoms with Crippen LogP contribution < -0.4 is 0 Å². The van der Waals surface area contributed by atoms with Crippen molar-refractivity contribution in [3.05, 3.63) is 0 Å². The molecule has 0 aliphatic carbocycles. The van der Waals surface area contributed by atoms with Crippen molar-refractivity contribution in [2.75, 3.05) is 18.6 Å². The van der Waals surface area contributed by atoms with Gasteiger partial charge in [-0.3, -0.25) is 4.18 Å². The Hall–Kier alpha value is 0.260. The summed E-state index contributed by atoms with van der Waals surface area (Å²) in [5.41, 5.74) is 0. The summed E-state index contributed by atoms with van der Waals surface area (Å²) in [4.78, 5) is 0. The molecule has 0 heterocycles. The van der Waals surface area contributed by atoms with Gasteiger partial charge in [0, 0.05) is 0 Å². The molecule has 0 amide bonds. The minimum absolute atomic E-state index is 0.238. The third kappa shape index (κ3) is 8.26. The van der Waals surface area contributed by atoms with E-state index < -0.39 is 10.1 Å². The fourth-order valence-electron chi connectivity index (χ4n) is 0.275. The smallest absolute Gasteiger partial charge is 0.264 e. The topological polar surface area (TPSA) is 43.4 Å². The van der Waals surface area contributed by atoms with E-state index in [1.165, 1.54) is 0 Å². The molecule has 0 N–H and O–H groups in total. The van der Waals surface area contributed by atoms with Gasteiger partial charge >= 0.3 is 0 Å². The normalized spacial score (nSPS) is 11.8. The maximum atomic E-state index is 10.3. The van der Waals surface area contributed by atoms with E-state index in [1.54, 1.807) is 0 Å². The van der Waals surface area contributed by atoms with E-state index in [0.717, 1.165) is 6.26 Å². The summed E-state index contributed by atoms with van der Waals surface area (Å²) >= 11 is 3.88. The number of hydrogen-bond acceptors (Lipinski definition) is 4. The summed E-state index contributed by atoms with van der Waals surface area (Å²) in [6.45, 7) is 0.238. The van der Waals surface area contributed by atoms with Crippen molar-refractivity contribution in [3.63, 3.8) is 0 Å². The molecule has 9 heavy (non-hydrogen) atoms. The zero-order valence-electron chi connectivity index (χ0n) is 5.20. The van der Waals surface area contributed by atoms with E-state index in [2.05, 4.69) is 16.8 Å². The summed E-state index contributed by atoms with van der Waals surface area (Å²) in [5, 5.41) is 0. The van der Waals surface area contributed by atoms with Crippen LogP contribution >= 0.6 is 12.6 Å². The van der Waals surface area contributed by atoms with E-state index in [9.17, 15) is 8.42 Å². The number of thiol groups is 1. The van der Waals surface area contributed by atoms with Crippen LogP contribution in [0.2, 0.25) is 0 Å². The Labute approximate surface area is 60.9 Å². The summed E-state index contributed by atoms with van der Waals surface area (Å²) in [6.07, 6.45) is 1.70. The second-order valence-electron chi connectivity index (χ2n) is 1.60. The zero-order valence-corrected chi connectivity index (χ0v) is 6.91. The highest BCUT2D eigenvalue weighted by atomic mass is 32.2. The van der Waals surface area contributed by atoms with Crippen LogP contribution in [0.15, 0.2) is 0 Å². The molecule has 0 saturated carbocycles. The Morgan fingerprint density at radius 2 is 2.11 bits per heavy atom. The SMILES string of the molecule is CS(=O)(=O)OCCCS. The van der Waals surface area contributed by atoms with Gasteiger partial charge in [-0.1, -0.05) is 0 Å². The molecule has 0 aromatic carbocycles. The van der Waals surface area contributed by atoms with Crippen molar-refractivity contribution in [3.8, 4) is 0 Å². The molecule has 3 nitrogen and oxygen atoms in total. The maximum Gasteiger partial charge on any atom is 0.264 e. The largest absolute Gasteiger partial charge is 0.270 e. The second kappa shape index (κ2) is 4.14. The Morgan fingerprint density at radius 1 is 1.56 bits per heavy atom. The van der Waals surface area contributed by atoms with Crippen LogP contribution in [-0.4, -0.2) is 27.0 Å². The van der Waals surface area contributed by atoms with Gasteiger partial charge in [0.05, 0.1) is 12.9 Å². The van der Waals surface area contributed by atoms with Crippen LogP contribution in [0.1, 0.15) is 6.42 Å². The van der Waals surface area contributed by atoms with Crippen molar-refractivity contribution < 1.29 is 12.6 Å². The van der Waals surface area contributed by atoms with Gasteiger partial charge in [-0.15, -0.1) is 0 Å². The first-order valence-electron chi connectivity index (χ1n) is 2.51. The summed E-state index contributed by atoms with van der Waals surface area (Å²) < 4.78 is 24.9. The monoisotopic (exact) mass is 170 g/mol. The van der Waals surface area contributed by atoms with E-state index in [0.29, 0.717) is 12.2 Å². The molecule has 0 aromatic heterocycles. The average molecular weight is 170 g/mol. The third-order valence-electron chi connectivity index (χ3n) is 0.600. The summed E-state index contributed by atoms with van der Waals surface area (Å²) in [5.74, 6) is 0.648. The third-order valence-corrected chi connectivity index (χ3v) is 1.51. The quantitative estimate of drug-likeness (QED) is 0.374. The van der Waals surface area contributed by atoms with Gasteiger partial charge < -0.3 is 0 Å². The average Bonchev–Trinajstić information content (AvgIpc) is 1.63. The van der Waals surface area contributed by atoms with Crippen LogP contribution in [-0.2, 0) is 14.3 Å². The van der Waals surface area contributed by atoms with Crippen molar-refractivity contribution >= 4 is 22.7 Å². The standard InChI is InChI=1S/C4H10O3S2/c1-9(5,6)7-3-2-4-8/h8H,2-4H2,1H3. The fourth-order valence-corrected chi connectivity index (χ4v) is 0.825. The molecule has 0 aromatic rings. The van der Waals surface area contributed by atoms with Crippen LogP contribution in [0, 0.1) is 0 Å². The molecule has 0 saturated heterocycles. The lowest BCUT2D eigenvalue weighted by Crippen LogP contribution is -2.04. The molecular weight excluding hydrogens is 160 g/mol. The van der Waals surface area contributed by atoms with Gasteiger partial charge in [-0.2, -0.15) is 21.0 Å². The molecule has 0 spiro atoms. The van der Waals surface area contributed by atoms with E-state index in [4.69, 9.17) is 0 Å². The van der Waals surface area contributed by atoms with Gasteiger partial charge in [0.15, 0.2) is 0 Å². The maximum absolute atomic E-state index is 10.3. The number of hydrogen-bond donors (Lipinski definition) is 1. The first-order valence-corrected chi connectivity index (χ1v) is 4.96. The van der Waals surface area contributed by atoms with Crippen molar-refractivity contribution in [1.82, 2.24) is 0 Å². The van der Waals surface area contributed by atoms with Gasteiger partial charge in [-0.25, -0.2) is 0 Å². The molecule has 0 fully saturated rings. The summed E-state index contributed by atoms with van der Waals surface area (Å²) in [7, 11) is -3.23. The molecular formula is C4H10O3S2. The highest BCUT2D eigenvalue weighted by molar-refractivity contribution is 7.86. The van der Waals surface area contributed by atoms with Crippen LogP contribution in [0.25, 0.3) is 0 Å². The summed E-state index contributed by atoms with van der Waals surface area (Å²) in [6, 6.07) is 0. The van der Waals surface area contributed by atoms with Crippen molar-refractivity contribution in [2.45, 2.75) is 6.42 Å². The molecule has 56 valence electrons. The minimum Gasteiger partial charge on any atom is -0.270 e. The number of rotatable bonds is 4. The Balaban J connectivity index is 3.30. The molecule has 0 rings (SSSR count). The Bertz CT molecular complexity index is 149. The Kier molecular flexibility index (Phi) is 4.26. The van der Waals surface area contributed by atoms with Gasteiger partial charge in [0.2, 0.25) is 0 Å². The predicted octanol–water partition coefficient (Wildman–Crippen LogP) is 0.282. The lowest BCUT2D eigenvalue weighted by atomic mass is 10.5. The first kappa shape index (κ1) is 9.26. The molecule has 0 aliphatic rings. The van der Waals surface area contributed by atoms with E-state index >= 15 is 0 Å². The molecule has 0 radical (unpaired) electrons. The van der Waals surface area contributed by atoms with E-state index in [1.807, 2.05) is 0 Å². The van der Waals surface area contributed by atoms with Crippen molar-refractivity contribution in [1.29, 1.82) is 0 Å². The lowest BCUT2D eigenvalue weighted by molar-refractivity contribution is 0.323. The van der Waals surface area contributed by atoms with Gasteiger partial charge in [0.1, 0.15) is 0 Å². The van der Waals surface area contributed by atoms with Crippen LogP contribution in [0.5, 0.6) is 0 Å². The molecule has 0 aliphatic heterocycles. The minimum atomic E-state index is -3.23. The van der Waals surface area contributed by atoms with E-state index in [-0.39, 0.29) is 6.61 Å². The van der Waals surface area contributed by atoms with Crippen molar-refractivity contribution in [2.24, 2.45) is 0 Å². The molecule has 0 unspecified atom stereocenters. The highest BCUT2D eigenvalue weighted by Crippen LogP contribution is 1.90. The second-order valence-corrected chi connectivity index (χ2v) is 3.69. The first-order chi connectivity index (χ1) is 4.06. The van der Waals surface area contributed by atoms with Gasteiger partial charge in [0.25, 0.3) is 10.1 Å². The molecule has 0 bridgehead atoms. The van der Waals surface area contributed by atoms with Crippen LogP contribution in [0.4, 0.5) is 0 Å². The zero-order chi connectivity index (χ0) is 7.33. The molecule has 5 heteroatoms. The molecule has 0 atom stereocenters. The Morgan fingerprint density at radius 3 is 2.44 bits per heavy atom. The fraction of sp³-hybridized carbons (Fsp3) is 1.00. The highest BCUT2D eigenvalue weighted by Gasteiger charge is 1.98.